The maximum Gasteiger partial charge on any atom is 0.253 e. The second-order valence-corrected chi connectivity index (χ2v) is 8.62. The number of hydrogen-bond acceptors (Lipinski definition) is 3. The van der Waals surface area contributed by atoms with Crippen molar-refractivity contribution in [2.75, 3.05) is 26.2 Å². The molecule has 166 valence electrons. The Bertz CT molecular complexity index is 1030. The van der Waals surface area contributed by atoms with Crippen LogP contribution < -0.4 is 4.74 Å². The van der Waals surface area contributed by atoms with Gasteiger partial charge in [-0.2, -0.15) is 0 Å². The summed E-state index contributed by atoms with van der Waals surface area (Å²) in [5, 5.41) is 0.756. The summed E-state index contributed by atoms with van der Waals surface area (Å²) in [4.78, 5) is 17.4. The molecule has 1 fully saturated rings. The highest BCUT2D eigenvalue weighted by Crippen LogP contribution is 2.17. The maximum absolute atomic E-state index is 13.1. The number of nitrogens with zero attached hydrogens (tertiary/aromatic N) is 2. The molecule has 0 radical (unpaired) electrons. The molecule has 32 heavy (non-hydrogen) atoms. The molecule has 3 aromatic rings. The van der Waals surface area contributed by atoms with Crippen molar-refractivity contribution in [2.45, 2.75) is 26.5 Å². The Morgan fingerprint density at radius 1 is 0.875 bits per heavy atom. The summed E-state index contributed by atoms with van der Waals surface area (Å²) < 4.78 is 5.91. The van der Waals surface area contributed by atoms with E-state index in [2.05, 4.69) is 36.1 Å². The van der Waals surface area contributed by atoms with Crippen molar-refractivity contribution in [2.24, 2.45) is 0 Å². The van der Waals surface area contributed by atoms with E-state index in [-0.39, 0.29) is 5.91 Å². The van der Waals surface area contributed by atoms with Gasteiger partial charge >= 0.3 is 0 Å². The van der Waals surface area contributed by atoms with Crippen molar-refractivity contribution in [1.29, 1.82) is 0 Å². The van der Waals surface area contributed by atoms with Crippen LogP contribution in [-0.4, -0.2) is 41.9 Å². The van der Waals surface area contributed by atoms with Crippen LogP contribution in [0.4, 0.5) is 0 Å². The molecule has 0 saturated carbocycles. The van der Waals surface area contributed by atoms with Crippen LogP contribution in [0.3, 0.4) is 0 Å². The average molecular weight is 449 g/mol. The molecule has 0 aromatic heterocycles. The Hall–Kier alpha value is -2.82. The molecule has 0 unspecified atom stereocenters. The van der Waals surface area contributed by atoms with Gasteiger partial charge < -0.3 is 9.64 Å². The van der Waals surface area contributed by atoms with E-state index in [1.807, 2.05) is 53.4 Å². The molecular weight excluding hydrogens is 420 g/mol. The topological polar surface area (TPSA) is 32.8 Å². The fraction of sp³-hybridized carbons (Fsp3) is 0.296. The Labute approximate surface area is 195 Å². The highest BCUT2D eigenvalue weighted by Gasteiger charge is 2.22. The summed E-state index contributed by atoms with van der Waals surface area (Å²) in [5.41, 5.74) is 4.25. The summed E-state index contributed by atoms with van der Waals surface area (Å²) in [6, 6.07) is 23.9. The maximum atomic E-state index is 13.1. The van der Waals surface area contributed by atoms with E-state index >= 15 is 0 Å². The van der Waals surface area contributed by atoms with Crippen LogP contribution in [0.25, 0.3) is 0 Å². The van der Waals surface area contributed by atoms with Crippen LogP contribution in [0.5, 0.6) is 5.75 Å². The van der Waals surface area contributed by atoms with Gasteiger partial charge in [0.1, 0.15) is 12.4 Å². The number of halogens is 1. The summed E-state index contributed by atoms with van der Waals surface area (Å²) in [5.74, 6) is 0.932. The Balaban J connectivity index is 1.30. The summed E-state index contributed by atoms with van der Waals surface area (Å²) in [7, 11) is 0. The number of rotatable bonds is 7. The third kappa shape index (κ3) is 5.90. The van der Waals surface area contributed by atoms with E-state index in [0.29, 0.717) is 6.61 Å². The zero-order valence-electron chi connectivity index (χ0n) is 18.5. The minimum atomic E-state index is 0.0882. The first-order valence-electron chi connectivity index (χ1n) is 11.2. The van der Waals surface area contributed by atoms with Crippen molar-refractivity contribution in [1.82, 2.24) is 9.80 Å². The predicted octanol–water partition coefficient (Wildman–Crippen LogP) is 5.44. The Kier molecular flexibility index (Phi) is 7.46. The first-order chi connectivity index (χ1) is 15.6. The number of piperazine rings is 1. The average Bonchev–Trinajstić information content (AvgIpc) is 2.85. The first-order valence-corrected chi connectivity index (χ1v) is 11.6. The minimum Gasteiger partial charge on any atom is -0.489 e. The fourth-order valence-corrected chi connectivity index (χ4v) is 4.05. The Morgan fingerprint density at radius 3 is 2.25 bits per heavy atom. The molecule has 0 bridgehead atoms. The molecule has 0 N–H and O–H groups in total. The first kappa shape index (κ1) is 22.4. The van der Waals surface area contributed by atoms with Gasteiger partial charge in [-0.1, -0.05) is 54.9 Å². The molecule has 4 rings (SSSR count). The molecule has 5 heteroatoms. The number of amides is 1. The van der Waals surface area contributed by atoms with Gasteiger partial charge in [0.25, 0.3) is 5.91 Å². The van der Waals surface area contributed by atoms with E-state index in [1.54, 1.807) is 0 Å². The largest absolute Gasteiger partial charge is 0.489 e. The lowest BCUT2D eigenvalue weighted by Gasteiger charge is -2.34. The van der Waals surface area contributed by atoms with E-state index in [9.17, 15) is 4.79 Å². The SMILES string of the molecule is CCc1ccc(OCc2cccc(C(=O)N3CCN(Cc4ccc(Cl)cc4)CC3)c2)cc1. The minimum absolute atomic E-state index is 0.0882. The number of carbonyl (C=O) groups is 1. The number of benzene rings is 3. The van der Waals surface area contributed by atoms with Crippen LogP contribution in [-0.2, 0) is 19.6 Å². The molecular formula is C27H29ClN2O2. The van der Waals surface area contributed by atoms with E-state index in [4.69, 9.17) is 16.3 Å². The van der Waals surface area contributed by atoms with Gasteiger partial charge in [-0.05, 0) is 59.5 Å². The third-order valence-corrected chi connectivity index (χ3v) is 6.14. The highest BCUT2D eigenvalue weighted by molar-refractivity contribution is 6.30. The van der Waals surface area contributed by atoms with Gasteiger partial charge in [-0.25, -0.2) is 0 Å². The normalized spacial score (nSPS) is 14.4. The van der Waals surface area contributed by atoms with E-state index in [0.717, 1.165) is 61.0 Å². The standard InChI is InChI=1S/C27H29ClN2O2/c1-2-21-8-12-26(13-9-21)32-20-23-4-3-5-24(18-23)27(31)30-16-14-29(15-17-30)19-22-6-10-25(28)11-7-22/h3-13,18H,2,14-17,19-20H2,1H3. The molecule has 1 aliphatic heterocycles. The molecule has 1 heterocycles. The number of ether oxygens (including phenoxy) is 1. The van der Waals surface area contributed by atoms with Crippen molar-refractivity contribution < 1.29 is 9.53 Å². The summed E-state index contributed by atoms with van der Waals surface area (Å²) in [6.07, 6.45) is 1.01. The third-order valence-electron chi connectivity index (χ3n) is 5.89. The molecule has 1 amide bonds. The monoisotopic (exact) mass is 448 g/mol. The molecule has 0 spiro atoms. The molecule has 0 aliphatic carbocycles. The van der Waals surface area contributed by atoms with Gasteiger partial charge in [-0.3, -0.25) is 9.69 Å². The predicted molar refractivity (Wildman–Crippen MR) is 129 cm³/mol. The van der Waals surface area contributed by atoms with Crippen molar-refractivity contribution in [3.05, 3.63) is 100 Å². The van der Waals surface area contributed by atoms with Crippen molar-refractivity contribution in [3.8, 4) is 5.75 Å². The van der Waals surface area contributed by atoms with Crippen LogP contribution in [0, 0.1) is 0 Å². The van der Waals surface area contributed by atoms with E-state index in [1.165, 1.54) is 11.1 Å². The van der Waals surface area contributed by atoms with E-state index < -0.39 is 0 Å². The highest BCUT2D eigenvalue weighted by atomic mass is 35.5. The number of hydrogen-bond donors (Lipinski definition) is 0. The smallest absolute Gasteiger partial charge is 0.253 e. The molecule has 3 aromatic carbocycles. The lowest BCUT2D eigenvalue weighted by atomic mass is 10.1. The number of carbonyl (C=O) groups excluding carboxylic acids is 1. The lowest BCUT2D eigenvalue weighted by Crippen LogP contribution is -2.48. The molecule has 1 aliphatic rings. The Morgan fingerprint density at radius 2 is 1.56 bits per heavy atom. The van der Waals surface area contributed by atoms with Gasteiger partial charge in [0.05, 0.1) is 0 Å². The molecule has 0 atom stereocenters. The summed E-state index contributed by atoms with van der Waals surface area (Å²) >= 11 is 5.97. The van der Waals surface area contributed by atoms with Gasteiger partial charge in [0.2, 0.25) is 0 Å². The number of aryl methyl sites for hydroxylation is 1. The van der Waals surface area contributed by atoms with Gasteiger partial charge in [-0.15, -0.1) is 0 Å². The van der Waals surface area contributed by atoms with Crippen molar-refractivity contribution in [3.63, 3.8) is 0 Å². The van der Waals surface area contributed by atoms with Crippen LogP contribution >= 0.6 is 11.6 Å². The zero-order chi connectivity index (χ0) is 22.3. The quantitative estimate of drug-likeness (QED) is 0.482. The van der Waals surface area contributed by atoms with Gasteiger partial charge in [0.15, 0.2) is 0 Å². The van der Waals surface area contributed by atoms with Crippen molar-refractivity contribution >= 4 is 17.5 Å². The zero-order valence-corrected chi connectivity index (χ0v) is 19.2. The van der Waals surface area contributed by atoms with Crippen LogP contribution in [0.15, 0.2) is 72.8 Å². The van der Waals surface area contributed by atoms with Gasteiger partial charge in [0, 0.05) is 43.3 Å². The second kappa shape index (κ2) is 10.7. The van der Waals surface area contributed by atoms with Crippen LogP contribution in [0.2, 0.25) is 5.02 Å². The molecule has 1 saturated heterocycles. The molecule has 4 nitrogen and oxygen atoms in total. The fourth-order valence-electron chi connectivity index (χ4n) is 3.92. The second-order valence-electron chi connectivity index (χ2n) is 8.18. The lowest BCUT2D eigenvalue weighted by molar-refractivity contribution is 0.0628. The summed E-state index contributed by atoms with van der Waals surface area (Å²) in [6.45, 7) is 6.66. The van der Waals surface area contributed by atoms with Crippen LogP contribution in [0.1, 0.15) is 34.0 Å².